The molecule has 1 rings (SSSR count). The Hall–Kier alpha value is -0.960. The van der Waals surface area contributed by atoms with Gasteiger partial charge in [-0.05, 0) is 6.42 Å². The average Bonchev–Trinajstić information content (AvgIpc) is 2.77. The number of alkyl halides is 3. The highest BCUT2D eigenvalue weighted by Crippen LogP contribution is 2.32. The molecule has 0 aromatic heterocycles. The molecule has 1 fully saturated rings. The minimum absolute atomic E-state index is 0.230. The van der Waals surface area contributed by atoms with Crippen LogP contribution in [0, 0.1) is 0 Å². The molecule has 2 atom stereocenters. The molecular weight excluding hydrogens is 311 g/mol. The van der Waals surface area contributed by atoms with Crippen molar-refractivity contribution < 1.29 is 32.6 Å². The second kappa shape index (κ2) is 7.88. The molecule has 1 aliphatic rings. The summed E-state index contributed by atoms with van der Waals surface area (Å²) >= 11 is 1.39. The van der Waals surface area contributed by atoms with Crippen LogP contribution in [0.3, 0.4) is 0 Å². The van der Waals surface area contributed by atoms with Crippen molar-refractivity contribution in [1.82, 2.24) is 4.90 Å². The van der Waals surface area contributed by atoms with E-state index in [1.807, 2.05) is 6.92 Å². The molecule has 0 aromatic rings. The Morgan fingerprint density at radius 1 is 1.43 bits per heavy atom. The molecule has 0 saturated carbocycles. The van der Waals surface area contributed by atoms with Crippen LogP contribution < -0.4 is 0 Å². The zero-order valence-electron chi connectivity index (χ0n) is 11.6. The fourth-order valence-corrected chi connectivity index (χ4v) is 3.57. The number of hydrogen-bond donors (Lipinski definition) is 1. The minimum Gasteiger partial charge on any atom is -0.480 e. The van der Waals surface area contributed by atoms with Gasteiger partial charge in [0, 0.05) is 5.75 Å². The Bertz CT molecular complexity index is 378. The lowest BCUT2D eigenvalue weighted by molar-refractivity contribution is -0.175. The van der Waals surface area contributed by atoms with Crippen molar-refractivity contribution in [1.29, 1.82) is 0 Å². The van der Waals surface area contributed by atoms with Gasteiger partial charge in [0.15, 0.2) is 0 Å². The van der Waals surface area contributed by atoms with Crippen molar-refractivity contribution in [2.45, 2.75) is 43.8 Å². The second-order valence-electron chi connectivity index (χ2n) is 4.65. The van der Waals surface area contributed by atoms with Crippen LogP contribution in [0.25, 0.3) is 0 Å². The van der Waals surface area contributed by atoms with Crippen molar-refractivity contribution in [3.8, 4) is 0 Å². The fourth-order valence-electron chi connectivity index (χ4n) is 2.03. The number of carboxylic acids is 1. The van der Waals surface area contributed by atoms with Gasteiger partial charge in [0.25, 0.3) is 0 Å². The summed E-state index contributed by atoms with van der Waals surface area (Å²) in [6.07, 6.45) is -3.23. The predicted octanol–water partition coefficient (Wildman–Crippen LogP) is 2.11. The van der Waals surface area contributed by atoms with Crippen LogP contribution in [0.4, 0.5) is 13.2 Å². The normalized spacial score (nSPS) is 22.6. The number of amides is 1. The SMILES string of the molecule is CCCC1SCC(C(=O)O)N1C(=O)CCOCC(F)(F)F. The van der Waals surface area contributed by atoms with Crippen LogP contribution in [0.1, 0.15) is 26.2 Å². The first kappa shape index (κ1) is 18.1. The van der Waals surface area contributed by atoms with Gasteiger partial charge < -0.3 is 14.7 Å². The standard InChI is InChI=1S/C12H18F3NO4S/c1-2-3-10-16(8(6-21-10)11(18)19)9(17)4-5-20-7-12(13,14)15/h8,10H,2-7H2,1H3,(H,18,19). The molecular formula is C12H18F3NO4S. The highest BCUT2D eigenvalue weighted by Gasteiger charge is 2.40. The molecule has 5 nitrogen and oxygen atoms in total. The zero-order valence-corrected chi connectivity index (χ0v) is 12.4. The first-order valence-corrected chi connectivity index (χ1v) is 7.61. The summed E-state index contributed by atoms with van der Waals surface area (Å²) in [4.78, 5) is 24.5. The van der Waals surface area contributed by atoms with Gasteiger partial charge in [0.2, 0.25) is 5.91 Å². The van der Waals surface area contributed by atoms with Gasteiger partial charge in [-0.2, -0.15) is 13.2 Å². The Labute approximate surface area is 124 Å². The molecule has 1 N–H and O–H groups in total. The van der Waals surface area contributed by atoms with Crippen LogP contribution in [0.15, 0.2) is 0 Å². The number of carbonyl (C=O) groups is 2. The van der Waals surface area contributed by atoms with Crippen molar-refractivity contribution >= 4 is 23.6 Å². The van der Waals surface area contributed by atoms with E-state index in [2.05, 4.69) is 4.74 Å². The first-order valence-electron chi connectivity index (χ1n) is 6.56. The lowest BCUT2D eigenvalue weighted by Gasteiger charge is -2.27. The van der Waals surface area contributed by atoms with Crippen molar-refractivity contribution in [2.24, 2.45) is 0 Å². The molecule has 0 bridgehead atoms. The number of carboxylic acid groups (broad SMARTS) is 1. The van der Waals surface area contributed by atoms with Gasteiger partial charge in [-0.3, -0.25) is 4.79 Å². The molecule has 21 heavy (non-hydrogen) atoms. The van der Waals surface area contributed by atoms with E-state index in [0.717, 1.165) is 6.42 Å². The molecule has 0 radical (unpaired) electrons. The maximum Gasteiger partial charge on any atom is 0.411 e. The summed E-state index contributed by atoms with van der Waals surface area (Å²) in [6, 6.07) is -0.915. The first-order chi connectivity index (χ1) is 9.76. The van der Waals surface area contributed by atoms with E-state index < -0.39 is 30.7 Å². The lowest BCUT2D eigenvalue weighted by Crippen LogP contribution is -2.45. The van der Waals surface area contributed by atoms with Crippen LogP contribution >= 0.6 is 11.8 Å². The number of thioether (sulfide) groups is 1. The highest BCUT2D eigenvalue weighted by molar-refractivity contribution is 8.00. The maximum atomic E-state index is 12.1. The monoisotopic (exact) mass is 329 g/mol. The van der Waals surface area contributed by atoms with Gasteiger partial charge in [-0.1, -0.05) is 13.3 Å². The van der Waals surface area contributed by atoms with Crippen molar-refractivity contribution in [3.63, 3.8) is 0 Å². The number of rotatable bonds is 7. The fraction of sp³-hybridized carbons (Fsp3) is 0.833. The molecule has 2 unspecified atom stereocenters. The van der Waals surface area contributed by atoms with Crippen LogP contribution in [0.2, 0.25) is 0 Å². The van der Waals surface area contributed by atoms with E-state index in [1.54, 1.807) is 0 Å². The number of nitrogens with zero attached hydrogens (tertiary/aromatic N) is 1. The quantitative estimate of drug-likeness (QED) is 0.725. The number of ether oxygens (including phenoxy) is 1. The molecule has 9 heteroatoms. The third-order valence-electron chi connectivity index (χ3n) is 2.93. The summed E-state index contributed by atoms with van der Waals surface area (Å²) in [6.45, 7) is 0.143. The summed E-state index contributed by atoms with van der Waals surface area (Å²) in [5, 5.41) is 8.88. The molecule has 1 saturated heterocycles. The van der Waals surface area contributed by atoms with E-state index in [1.165, 1.54) is 16.7 Å². The van der Waals surface area contributed by atoms with Crippen LogP contribution in [0.5, 0.6) is 0 Å². The Morgan fingerprint density at radius 2 is 2.10 bits per heavy atom. The number of halogens is 3. The van der Waals surface area contributed by atoms with Crippen molar-refractivity contribution in [3.05, 3.63) is 0 Å². The van der Waals surface area contributed by atoms with Gasteiger partial charge in [0.05, 0.1) is 18.4 Å². The number of carbonyl (C=O) groups excluding carboxylic acids is 1. The molecule has 122 valence electrons. The minimum atomic E-state index is -4.43. The van der Waals surface area contributed by atoms with E-state index in [9.17, 15) is 22.8 Å². The van der Waals surface area contributed by atoms with Gasteiger partial charge in [-0.15, -0.1) is 11.8 Å². The molecule has 0 aliphatic carbocycles. The van der Waals surface area contributed by atoms with E-state index in [4.69, 9.17) is 5.11 Å². The molecule has 0 spiro atoms. The van der Waals surface area contributed by atoms with Gasteiger partial charge in [-0.25, -0.2) is 4.79 Å². The van der Waals surface area contributed by atoms with Crippen LogP contribution in [-0.4, -0.2) is 58.4 Å². The van der Waals surface area contributed by atoms with E-state index >= 15 is 0 Å². The second-order valence-corrected chi connectivity index (χ2v) is 5.86. The van der Waals surface area contributed by atoms with Crippen LogP contribution in [-0.2, 0) is 14.3 Å². The molecule has 1 aliphatic heterocycles. The summed E-state index contributed by atoms with van der Waals surface area (Å²) in [5.41, 5.74) is 0. The van der Waals surface area contributed by atoms with E-state index in [-0.39, 0.29) is 18.4 Å². The Kier molecular flexibility index (Phi) is 6.79. The van der Waals surface area contributed by atoms with Crippen molar-refractivity contribution in [2.75, 3.05) is 19.0 Å². The largest absolute Gasteiger partial charge is 0.480 e. The molecule has 1 heterocycles. The molecule has 0 aromatic carbocycles. The third-order valence-corrected chi connectivity index (χ3v) is 4.28. The van der Waals surface area contributed by atoms with Gasteiger partial charge in [0.1, 0.15) is 12.6 Å². The van der Waals surface area contributed by atoms with E-state index in [0.29, 0.717) is 12.2 Å². The topological polar surface area (TPSA) is 66.8 Å². The maximum absolute atomic E-state index is 12.1. The Balaban J connectivity index is 2.53. The highest BCUT2D eigenvalue weighted by atomic mass is 32.2. The molecule has 1 amide bonds. The number of aliphatic carboxylic acids is 1. The lowest BCUT2D eigenvalue weighted by atomic mass is 10.2. The predicted molar refractivity (Wildman–Crippen MR) is 70.9 cm³/mol. The number of hydrogen-bond acceptors (Lipinski definition) is 4. The smallest absolute Gasteiger partial charge is 0.411 e. The summed E-state index contributed by atoms with van der Waals surface area (Å²) < 4.78 is 40.1. The third kappa shape index (κ3) is 5.74. The van der Waals surface area contributed by atoms with Gasteiger partial charge >= 0.3 is 12.1 Å². The zero-order chi connectivity index (χ0) is 16.0. The average molecular weight is 329 g/mol. The summed E-state index contributed by atoms with van der Waals surface area (Å²) in [7, 11) is 0. The summed E-state index contributed by atoms with van der Waals surface area (Å²) in [5.74, 6) is -1.27. The Morgan fingerprint density at radius 3 is 2.62 bits per heavy atom.